The molecule has 0 radical (unpaired) electrons. The number of rotatable bonds is 8. The van der Waals surface area contributed by atoms with Gasteiger partial charge in [-0.1, -0.05) is 66.4 Å². The second-order valence-electron chi connectivity index (χ2n) is 13.6. The minimum absolute atomic E-state index is 0.517. The zero-order valence-corrected chi connectivity index (χ0v) is 24.6. The fourth-order valence-corrected chi connectivity index (χ4v) is 10.9. The van der Waals surface area contributed by atoms with E-state index in [1.54, 1.807) is 0 Å². The summed E-state index contributed by atoms with van der Waals surface area (Å²) in [6, 6.07) is 11.1. The van der Waals surface area contributed by atoms with Crippen LogP contribution in [0.25, 0.3) is 10.9 Å². The molecule has 2 aromatic rings. The van der Waals surface area contributed by atoms with Crippen LogP contribution in [0.2, 0.25) is 0 Å². The van der Waals surface area contributed by atoms with Crippen molar-refractivity contribution in [2.45, 2.75) is 110 Å². The molecule has 6 unspecified atom stereocenters. The smallest absolute Gasteiger partial charge is 0.0702 e. The maximum atomic E-state index is 4.50. The van der Waals surface area contributed by atoms with Crippen molar-refractivity contribution in [1.82, 2.24) is 4.98 Å². The van der Waals surface area contributed by atoms with E-state index in [9.17, 15) is 0 Å². The molecule has 1 heterocycles. The van der Waals surface area contributed by atoms with Gasteiger partial charge in [0, 0.05) is 22.2 Å². The van der Waals surface area contributed by atoms with Gasteiger partial charge in [-0.15, -0.1) is 11.8 Å². The van der Waals surface area contributed by atoms with Crippen LogP contribution in [-0.2, 0) is 0 Å². The minimum Gasteiger partial charge on any atom is -0.256 e. The molecule has 36 heavy (non-hydrogen) atoms. The molecule has 3 aliphatic carbocycles. The number of hydrogen-bond donors (Lipinski definition) is 0. The van der Waals surface area contributed by atoms with Crippen LogP contribution in [0, 0.1) is 46.3 Å². The number of aromatic nitrogens is 1. The number of thioether (sulfide) groups is 1. The van der Waals surface area contributed by atoms with Gasteiger partial charge < -0.3 is 0 Å². The topological polar surface area (TPSA) is 12.9 Å². The highest BCUT2D eigenvalue weighted by atomic mass is 32.2. The van der Waals surface area contributed by atoms with Crippen LogP contribution in [0.1, 0.15) is 105 Å². The summed E-state index contributed by atoms with van der Waals surface area (Å²) in [6.07, 6.45) is 18.0. The molecular weight excluding hydrogens is 454 g/mol. The maximum absolute atomic E-state index is 4.50. The van der Waals surface area contributed by atoms with E-state index in [0.717, 1.165) is 41.0 Å². The molecule has 0 bridgehead atoms. The summed E-state index contributed by atoms with van der Waals surface area (Å²) < 4.78 is 0. The molecule has 1 nitrogen and oxygen atoms in total. The van der Waals surface area contributed by atoms with E-state index >= 15 is 0 Å². The number of fused-ring (bicyclic) bond motifs is 2. The van der Waals surface area contributed by atoms with Gasteiger partial charge in [-0.2, -0.15) is 0 Å². The third kappa shape index (κ3) is 5.02. The summed E-state index contributed by atoms with van der Waals surface area (Å²) in [6.45, 7) is 12.9. The van der Waals surface area contributed by atoms with E-state index in [-0.39, 0.29) is 0 Å². The normalized spacial score (nSPS) is 37.6. The molecule has 0 N–H and O–H groups in total. The number of benzene rings is 1. The first-order valence-corrected chi connectivity index (χ1v) is 16.3. The molecule has 1 aromatic carbocycles. The lowest BCUT2D eigenvalue weighted by atomic mass is 9.50. The SMILES string of the molecule is CCCC1(C)C(C2C[C@H](CC)C3CCCCC3(C)C2)CCC1[C@H](C)CSc1ccc2ncccc2c1. The van der Waals surface area contributed by atoms with E-state index < -0.39 is 0 Å². The lowest BCUT2D eigenvalue weighted by Crippen LogP contribution is -2.46. The highest BCUT2D eigenvalue weighted by molar-refractivity contribution is 7.99. The van der Waals surface area contributed by atoms with Crippen LogP contribution >= 0.6 is 11.8 Å². The van der Waals surface area contributed by atoms with E-state index in [1.165, 1.54) is 86.7 Å². The van der Waals surface area contributed by atoms with Crippen molar-refractivity contribution in [1.29, 1.82) is 0 Å². The van der Waals surface area contributed by atoms with Crippen molar-refractivity contribution in [3.63, 3.8) is 0 Å². The van der Waals surface area contributed by atoms with Crippen molar-refractivity contribution < 1.29 is 0 Å². The minimum atomic E-state index is 0.517. The Labute approximate surface area is 226 Å². The van der Waals surface area contributed by atoms with Crippen molar-refractivity contribution in [3.05, 3.63) is 36.5 Å². The molecule has 0 aliphatic heterocycles. The Kier molecular flexibility index (Phi) is 8.12. The van der Waals surface area contributed by atoms with Gasteiger partial charge in [-0.3, -0.25) is 4.98 Å². The zero-order valence-electron chi connectivity index (χ0n) is 23.8. The van der Waals surface area contributed by atoms with Gasteiger partial charge >= 0.3 is 0 Å². The Morgan fingerprint density at radius 1 is 1.06 bits per heavy atom. The standard InChI is InChI=1S/C34H51NS/c1-6-17-34(5)29(24(3)23-36-28-13-16-32-26(21-28)11-10-19-35-32)14-15-31(34)27-20-25(7-2)30-12-8-9-18-33(30,4)22-27/h10-11,13,16,19,21,24-25,27,29-31H,6-9,12,14-15,17-18,20,22-23H2,1-5H3/t24-,25+,27?,29?,30?,31?,33?,34?/m1/s1. The van der Waals surface area contributed by atoms with Gasteiger partial charge in [-0.25, -0.2) is 0 Å². The van der Waals surface area contributed by atoms with Crippen LogP contribution in [-0.4, -0.2) is 10.7 Å². The average Bonchev–Trinajstić information content (AvgIpc) is 3.22. The van der Waals surface area contributed by atoms with Crippen LogP contribution in [0.3, 0.4) is 0 Å². The van der Waals surface area contributed by atoms with Gasteiger partial charge in [0.15, 0.2) is 0 Å². The Balaban J connectivity index is 1.30. The van der Waals surface area contributed by atoms with Gasteiger partial charge in [-0.05, 0) is 116 Å². The van der Waals surface area contributed by atoms with Crippen LogP contribution in [0.5, 0.6) is 0 Å². The van der Waals surface area contributed by atoms with Crippen molar-refractivity contribution >= 4 is 22.7 Å². The highest BCUT2D eigenvalue weighted by Gasteiger charge is 2.54. The second-order valence-corrected chi connectivity index (χ2v) is 14.7. The highest BCUT2D eigenvalue weighted by Crippen LogP contribution is 2.63. The summed E-state index contributed by atoms with van der Waals surface area (Å²) in [5, 5.41) is 1.27. The fraction of sp³-hybridized carbons (Fsp3) is 0.735. The van der Waals surface area contributed by atoms with E-state index in [2.05, 4.69) is 81.7 Å². The van der Waals surface area contributed by atoms with Gasteiger partial charge in [0.25, 0.3) is 0 Å². The molecule has 0 amide bonds. The Morgan fingerprint density at radius 3 is 2.72 bits per heavy atom. The second kappa shape index (κ2) is 11.0. The maximum Gasteiger partial charge on any atom is 0.0702 e. The van der Waals surface area contributed by atoms with Crippen LogP contribution < -0.4 is 0 Å². The van der Waals surface area contributed by atoms with Crippen molar-refractivity contribution in [2.75, 3.05) is 5.75 Å². The first-order valence-electron chi connectivity index (χ1n) is 15.4. The van der Waals surface area contributed by atoms with E-state index in [1.807, 2.05) is 6.20 Å². The third-order valence-corrected chi connectivity index (χ3v) is 12.7. The zero-order chi connectivity index (χ0) is 25.3. The summed E-state index contributed by atoms with van der Waals surface area (Å²) in [7, 11) is 0. The third-order valence-electron chi connectivity index (χ3n) is 11.5. The van der Waals surface area contributed by atoms with Crippen molar-refractivity contribution in [2.24, 2.45) is 46.3 Å². The molecule has 198 valence electrons. The van der Waals surface area contributed by atoms with Crippen molar-refractivity contribution in [3.8, 4) is 0 Å². The Bertz CT molecular complexity index is 1020. The first kappa shape index (κ1) is 26.6. The lowest BCUT2D eigenvalue weighted by Gasteiger charge is -2.55. The predicted molar refractivity (Wildman–Crippen MR) is 157 cm³/mol. The lowest BCUT2D eigenvalue weighted by molar-refractivity contribution is -0.0532. The monoisotopic (exact) mass is 505 g/mol. The summed E-state index contributed by atoms with van der Waals surface area (Å²) in [4.78, 5) is 5.91. The fourth-order valence-electron chi connectivity index (χ4n) is 9.88. The molecule has 2 heteroatoms. The number of nitrogens with zero attached hydrogens (tertiary/aromatic N) is 1. The predicted octanol–water partition coefficient (Wildman–Crippen LogP) is 10.4. The van der Waals surface area contributed by atoms with Gasteiger partial charge in [0.1, 0.15) is 0 Å². The molecular formula is C34H51NS. The Hall–Kier alpha value is -1.02. The molecule has 8 atom stereocenters. The number of pyridine rings is 1. The van der Waals surface area contributed by atoms with Gasteiger partial charge in [0.2, 0.25) is 0 Å². The molecule has 3 saturated carbocycles. The van der Waals surface area contributed by atoms with E-state index in [4.69, 9.17) is 0 Å². The molecule has 0 spiro atoms. The molecule has 3 fully saturated rings. The molecule has 1 aromatic heterocycles. The van der Waals surface area contributed by atoms with Crippen LogP contribution in [0.15, 0.2) is 41.4 Å². The molecule has 5 rings (SSSR count). The summed E-state index contributed by atoms with van der Waals surface area (Å²) in [5.74, 6) is 6.77. The molecule has 3 aliphatic rings. The largest absolute Gasteiger partial charge is 0.256 e. The van der Waals surface area contributed by atoms with E-state index in [0.29, 0.717) is 10.8 Å². The average molecular weight is 506 g/mol. The quantitative estimate of drug-likeness (QED) is 0.331. The molecule has 0 saturated heterocycles. The van der Waals surface area contributed by atoms with Gasteiger partial charge in [0.05, 0.1) is 5.52 Å². The number of hydrogen-bond acceptors (Lipinski definition) is 2. The summed E-state index contributed by atoms with van der Waals surface area (Å²) in [5.41, 5.74) is 2.25. The summed E-state index contributed by atoms with van der Waals surface area (Å²) >= 11 is 2.08. The Morgan fingerprint density at radius 2 is 1.92 bits per heavy atom. The van der Waals surface area contributed by atoms with Crippen LogP contribution in [0.4, 0.5) is 0 Å². The first-order chi connectivity index (χ1) is 17.4.